The standard InChI is InChI=1S/C19H26F2N2O3S/c1-13-6-8-23(9-7-13)14-10-19(11-14)12-22-17(19)27(24,25)16-4-2-15(3-5-16)26-18(20)21/h2-5,13-14,17-18,22H,6-12H2,1H3. The zero-order valence-corrected chi connectivity index (χ0v) is 16.2. The van der Waals surface area contributed by atoms with Crippen molar-refractivity contribution in [2.24, 2.45) is 11.3 Å². The highest BCUT2D eigenvalue weighted by molar-refractivity contribution is 7.92. The lowest BCUT2D eigenvalue weighted by atomic mass is 9.60. The van der Waals surface area contributed by atoms with Crippen molar-refractivity contribution < 1.29 is 21.9 Å². The van der Waals surface area contributed by atoms with Crippen molar-refractivity contribution in [1.82, 2.24) is 10.2 Å². The molecule has 2 saturated heterocycles. The number of alkyl halides is 2. The smallest absolute Gasteiger partial charge is 0.387 e. The number of nitrogens with one attached hydrogen (secondary N) is 1. The summed E-state index contributed by atoms with van der Waals surface area (Å²) in [6.07, 6.45) is 4.25. The number of hydrogen-bond donors (Lipinski definition) is 1. The van der Waals surface area contributed by atoms with Crippen LogP contribution in [0.15, 0.2) is 29.2 Å². The predicted octanol–water partition coefficient (Wildman–Crippen LogP) is 2.87. The van der Waals surface area contributed by atoms with Crippen LogP contribution in [-0.2, 0) is 9.84 Å². The summed E-state index contributed by atoms with van der Waals surface area (Å²) in [5, 5.41) is 2.51. The second kappa shape index (κ2) is 6.97. The molecular weight excluding hydrogens is 374 g/mol. The molecule has 0 amide bonds. The Balaban J connectivity index is 1.41. The lowest BCUT2D eigenvalue weighted by molar-refractivity contribution is -0.0581. The van der Waals surface area contributed by atoms with Crippen molar-refractivity contribution in [3.05, 3.63) is 24.3 Å². The van der Waals surface area contributed by atoms with E-state index in [0.717, 1.165) is 38.4 Å². The monoisotopic (exact) mass is 400 g/mol. The van der Waals surface area contributed by atoms with Crippen molar-refractivity contribution in [3.8, 4) is 5.75 Å². The van der Waals surface area contributed by atoms with E-state index >= 15 is 0 Å². The van der Waals surface area contributed by atoms with Gasteiger partial charge in [0.1, 0.15) is 11.1 Å². The van der Waals surface area contributed by atoms with E-state index in [-0.39, 0.29) is 16.1 Å². The van der Waals surface area contributed by atoms with Crippen LogP contribution in [0.25, 0.3) is 0 Å². The summed E-state index contributed by atoms with van der Waals surface area (Å²) in [5.74, 6) is 0.745. The van der Waals surface area contributed by atoms with E-state index in [4.69, 9.17) is 0 Å². The second-order valence-electron chi connectivity index (χ2n) is 8.30. The van der Waals surface area contributed by atoms with Gasteiger partial charge in [-0.3, -0.25) is 5.32 Å². The van der Waals surface area contributed by atoms with Crippen molar-refractivity contribution in [3.63, 3.8) is 0 Å². The van der Waals surface area contributed by atoms with Gasteiger partial charge >= 0.3 is 6.61 Å². The molecular formula is C19H26F2N2O3S. The minimum atomic E-state index is -3.55. The Labute approximate surface area is 159 Å². The highest BCUT2D eigenvalue weighted by Gasteiger charge is 2.61. The van der Waals surface area contributed by atoms with Gasteiger partial charge in [0, 0.05) is 18.0 Å². The number of ether oxygens (including phenoxy) is 1. The molecule has 2 heterocycles. The molecule has 1 saturated carbocycles. The second-order valence-corrected chi connectivity index (χ2v) is 10.3. The summed E-state index contributed by atoms with van der Waals surface area (Å²) < 4.78 is 54.8. The van der Waals surface area contributed by atoms with Gasteiger partial charge in [0.2, 0.25) is 0 Å². The number of sulfone groups is 1. The van der Waals surface area contributed by atoms with Crippen LogP contribution in [0.4, 0.5) is 8.78 Å². The zero-order chi connectivity index (χ0) is 19.2. The first kappa shape index (κ1) is 19.1. The molecule has 150 valence electrons. The molecule has 0 aromatic heterocycles. The average molecular weight is 400 g/mol. The maximum Gasteiger partial charge on any atom is 0.387 e. The Kier molecular flexibility index (Phi) is 4.93. The van der Waals surface area contributed by atoms with E-state index in [0.29, 0.717) is 6.04 Å². The van der Waals surface area contributed by atoms with Crippen molar-refractivity contribution >= 4 is 9.84 Å². The molecule has 5 nitrogen and oxygen atoms in total. The maximum absolute atomic E-state index is 13.0. The van der Waals surface area contributed by atoms with Crippen LogP contribution in [0.1, 0.15) is 32.6 Å². The molecule has 3 fully saturated rings. The van der Waals surface area contributed by atoms with Gasteiger partial charge in [-0.2, -0.15) is 8.78 Å². The van der Waals surface area contributed by atoms with E-state index in [9.17, 15) is 17.2 Å². The van der Waals surface area contributed by atoms with Gasteiger partial charge < -0.3 is 9.64 Å². The molecule has 1 aromatic rings. The number of halogens is 2. The van der Waals surface area contributed by atoms with Crippen molar-refractivity contribution in [2.45, 2.75) is 55.5 Å². The molecule has 8 heteroatoms. The molecule has 1 aliphatic carbocycles. The van der Waals surface area contributed by atoms with Gasteiger partial charge in [-0.25, -0.2) is 8.42 Å². The molecule has 3 aliphatic rings. The summed E-state index contributed by atoms with van der Waals surface area (Å²) in [6.45, 7) is 2.31. The Morgan fingerprint density at radius 3 is 2.33 bits per heavy atom. The number of rotatable bonds is 5. The fraction of sp³-hybridized carbons (Fsp3) is 0.684. The number of nitrogens with zero attached hydrogens (tertiary/aromatic N) is 1. The summed E-state index contributed by atoms with van der Waals surface area (Å²) in [6, 6.07) is 5.75. The Hall–Kier alpha value is -1.25. The molecule has 1 atom stereocenters. The lowest BCUT2D eigenvalue weighted by Crippen LogP contribution is -2.73. The van der Waals surface area contributed by atoms with Crippen LogP contribution in [0, 0.1) is 11.3 Å². The van der Waals surface area contributed by atoms with Gasteiger partial charge in [-0.15, -0.1) is 0 Å². The quantitative estimate of drug-likeness (QED) is 0.824. The van der Waals surface area contributed by atoms with Crippen LogP contribution < -0.4 is 10.1 Å². The lowest BCUT2D eigenvalue weighted by Gasteiger charge is -2.61. The molecule has 0 bridgehead atoms. The number of hydrogen-bond acceptors (Lipinski definition) is 5. The van der Waals surface area contributed by atoms with Crippen LogP contribution >= 0.6 is 0 Å². The third-order valence-corrected chi connectivity index (χ3v) is 8.72. The van der Waals surface area contributed by atoms with E-state index in [1.54, 1.807) is 0 Å². The minimum absolute atomic E-state index is 0.0386. The van der Waals surface area contributed by atoms with E-state index in [2.05, 4.69) is 21.9 Å². The van der Waals surface area contributed by atoms with Gasteiger partial charge in [-0.1, -0.05) is 6.92 Å². The Morgan fingerprint density at radius 1 is 1.19 bits per heavy atom. The van der Waals surface area contributed by atoms with Gasteiger partial charge in [0.15, 0.2) is 9.84 Å². The van der Waals surface area contributed by atoms with Crippen LogP contribution in [-0.4, -0.2) is 51.0 Å². The van der Waals surface area contributed by atoms with Crippen LogP contribution in [0.5, 0.6) is 5.75 Å². The highest BCUT2D eigenvalue weighted by Crippen LogP contribution is 2.53. The molecule has 0 radical (unpaired) electrons. The minimum Gasteiger partial charge on any atom is -0.435 e. The largest absolute Gasteiger partial charge is 0.435 e. The number of piperidine rings is 1. The summed E-state index contributed by atoms with van der Waals surface area (Å²) in [4.78, 5) is 2.67. The molecule has 4 rings (SSSR count). The average Bonchev–Trinajstić information content (AvgIpc) is 2.54. The maximum atomic E-state index is 13.0. The molecule has 1 N–H and O–H groups in total. The third-order valence-electron chi connectivity index (χ3n) is 6.50. The first-order valence-corrected chi connectivity index (χ1v) is 11.1. The van der Waals surface area contributed by atoms with Crippen LogP contribution in [0.3, 0.4) is 0 Å². The van der Waals surface area contributed by atoms with Crippen LogP contribution in [0.2, 0.25) is 0 Å². The first-order chi connectivity index (χ1) is 12.8. The molecule has 2 aliphatic heterocycles. The van der Waals surface area contributed by atoms with Crippen molar-refractivity contribution in [2.75, 3.05) is 19.6 Å². The SMILES string of the molecule is CC1CCN(C2CC3(CNC3S(=O)(=O)c3ccc(OC(F)F)cc3)C2)CC1. The zero-order valence-electron chi connectivity index (χ0n) is 15.4. The highest BCUT2D eigenvalue weighted by atomic mass is 32.2. The fourth-order valence-electron chi connectivity index (χ4n) is 4.75. The predicted molar refractivity (Wildman–Crippen MR) is 97.5 cm³/mol. The fourth-order valence-corrected chi connectivity index (χ4v) is 6.77. The molecule has 27 heavy (non-hydrogen) atoms. The Bertz CT molecular complexity index is 771. The molecule has 1 aromatic carbocycles. The van der Waals surface area contributed by atoms with E-state index in [1.807, 2.05) is 0 Å². The van der Waals surface area contributed by atoms with E-state index < -0.39 is 21.8 Å². The number of benzene rings is 1. The summed E-state index contributed by atoms with van der Waals surface area (Å²) in [5.41, 5.74) is -0.190. The molecule has 1 unspecified atom stereocenters. The van der Waals surface area contributed by atoms with Gasteiger partial charge in [0.25, 0.3) is 0 Å². The summed E-state index contributed by atoms with van der Waals surface area (Å²) >= 11 is 0. The van der Waals surface area contributed by atoms with Gasteiger partial charge in [0.05, 0.1) is 4.90 Å². The number of likely N-dealkylation sites (tertiary alicyclic amines) is 1. The third kappa shape index (κ3) is 3.47. The van der Waals surface area contributed by atoms with Crippen molar-refractivity contribution in [1.29, 1.82) is 0 Å². The van der Waals surface area contributed by atoms with Gasteiger partial charge in [-0.05, 0) is 69.0 Å². The first-order valence-electron chi connectivity index (χ1n) is 9.56. The Morgan fingerprint density at radius 2 is 1.81 bits per heavy atom. The topological polar surface area (TPSA) is 58.6 Å². The summed E-state index contributed by atoms with van der Waals surface area (Å²) in [7, 11) is -3.55. The normalized spacial score (nSPS) is 32.3. The molecule has 1 spiro atoms. The van der Waals surface area contributed by atoms with E-state index in [1.165, 1.54) is 37.1 Å².